The molecule has 2 aromatic rings. The number of hydrogen-bond donors (Lipinski definition) is 1. The Hall–Kier alpha value is -2.50. The van der Waals surface area contributed by atoms with Crippen molar-refractivity contribution in [2.75, 3.05) is 13.7 Å². The number of carbonyl (C=O) groups is 2. The van der Waals surface area contributed by atoms with Crippen LogP contribution in [0.3, 0.4) is 0 Å². The molecule has 0 saturated carbocycles. The molecule has 1 aromatic heterocycles. The molecule has 2 heterocycles. The number of rotatable bonds is 5. The molecular weight excluding hydrogens is 320 g/mol. The molecule has 1 fully saturated rings. The number of benzene rings is 1. The van der Waals surface area contributed by atoms with Crippen LogP contribution in [-0.4, -0.2) is 47.1 Å². The third kappa shape index (κ3) is 3.34. The van der Waals surface area contributed by atoms with E-state index in [2.05, 4.69) is 4.98 Å². The van der Waals surface area contributed by atoms with E-state index in [1.807, 2.05) is 45.2 Å². The number of aromatic nitrogens is 1. The lowest BCUT2D eigenvalue weighted by atomic mass is 10.0. The van der Waals surface area contributed by atoms with Crippen LogP contribution in [0.25, 0.3) is 10.9 Å². The Morgan fingerprint density at radius 1 is 1.44 bits per heavy atom. The fourth-order valence-corrected chi connectivity index (χ4v) is 3.32. The number of likely N-dealkylation sites (N-methyl/N-ethyl adjacent to an activating group) is 1. The van der Waals surface area contributed by atoms with Crippen LogP contribution in [0.2, 0.25) is 0 Å². The molecule has 1 saturated heterocycles. The number of ether oxygens (including phenoxy) is 2. The van der Waals surface area contributed by atoms with E-state index < -0.39 is 11.6 Å². The third-order valence-corrected chi connectivity index (χ3v) is 4.59. The van der Waals surface area contributed by atoms with Gasteiger partial charge in [-0.25, -0.2) is 4.79 Å². The summed E-state index contributed by atoms with van der Waals surface area (Å²) in [5.74, 6) is 0.301. The summed E-state index contributed by atoms with van der Waals surface area (Å²) >= 11 is 0. The summed E-state index contributed by atoms with van der Waals surface area (Å²) in [6.45, 7) is 6.20. The van der Waals surface area contributed by atoms with Crippen molar-refractivity contribution in [3.8, 4) is 5.75 Å². The predicted octanol–water partition coefficient (Wildman–Crippen LogP) is 2.66. The Morgan fingerprint density at radius 2 is 2.20 bits per heavy atom. The van der Waals surface area contributed by atoms with Gasteiger partial charge in [0.1, 0.15) is 17.4 Å². The minimum absolute atomic E-state index is 0.119. The van der Waals surface area contributed by atoms with E-state index in [-0.39, 0.29) is 18.3 Å². The van der Waals surface area contributed by atoms with Crippen LogP contribution in [-0.2, 0) is 20.7 Å². The molecule has 1 atom stereocenters. The van der Waals surface area contributed by atoms with Crippen molar-refractivity contribution in [3.05, 3.63) is 30.0 Å². The van der Waals surface area contributed by atoms with Gasteiger partial charge in [0.15, 0.2) is 0 Å². The largest absolute Gasteiger partial charge is 0.493 e. The van der Waals surface area contributed by atoms with Crippen molar-refractivity contribution >= 4 is 22.8 Å². The summed E-state index contributed by atoms with van der Waals surface area (Å²) in [5, 5.41) is 0.917. The number of fused-ring (bicyclic) bond motifs is 1. The molecule has 6 heteroatoms. The number of cyclic esters (lactones) is 1. The average molecular weight is 344 g/mol. The van der Waals surface area contributed by atoms with E-state index in [0.29, 0.717) is 13.0 Å². The second kappa shape index (κ2) is 6.43. The molecule has 1 aliphatic heterocycles. The minimum atomic E-state index is -0.529. The zero-order valence-corrected chi connectivity index (χ0v) is 15.1. The fraction of sp³-hybridized carbons (Fsp3) is 0.474. The monoisotopic (exact) mass is 344 g/mol. The molecule has 0 spiro atoms. The molecule has 0 bridgehead atoms. The van der Waals surface area contributed by atoms with Crippen LogP contribution in [0.5, 0.6) is 5.75 Å². The van der Waals surface area contributed by atoms with Crippen molar-refractivity contribution < 1.29 is 19.1 Å². The van der Waals surface area contributed by atoms with Gasteiger partial charge in [-0.15, -0.1) is 0 Å². The zero-order chi connectivity index (χ0) is 18.2. The van der Waals surface area contributed by atoms with Crippen LogP contribution in [0.15, 0.2) is 24.4 Å². The van der Waals surface area contributed by atoms with Crippen LogP contribution < -0.4 is 4.74 Å². The Bertz CT molecular complexity index is 809. The molecule has 6 nitrogen and oxygen atoms in total. The molecule has 0 radical (unpaired) electrons. The van der Waals surface area contributed by atoms with Gasteiger partial charge in [-0.1, -0.05) is 6.07 Å². The molecule has 1 aromatic carbocycles. The first-order chi connectivity index (χ1) is 11.8. The lowest BCUT2D eigenvalue weighted by Crippen LogP contribution is -2.41. The highest BCUT2D eigenvalue weighted by atomic mass is 16.6. The molecule has 3 rings (SSSR count). The second-order valence-corrected chi connectivity index (χ2v) is 7.01. The van der Waals surface area contributed by atoms with Gasteiger partial charge in [0.2, 0.25) is 5.91 Å². The van der Waals surface area contributed by atoms with Crippen molar-refractivity contribution in [1.82, 2.24) is 9.88 Å². The van der Waals surface area contributed by atoms with Gasteiger partial charge in [0.05, 0.1) is 13.0 Å². The molecule has 134 valence electrons. The highest BCUT2D eigenvalue weighted by molar-refractivity contribution is 5.94. The lowest BCUT2D eigenvalue weighted by Gasteiger charge is -2.22. The van der Waals surface area contributed by atoms with Crippen molar-refractivity contribution in [1.29, 1.82) is 0 Å². The number of carbonyl (C=O) groups excluding carboxylic acids is 2. The minimum Gasteiger partial charge on any atom is -0.493 e. The summed E-state index contributed by atoms with van der Waals surface area (Å²) in [6, 6.07) is 5.23. The first-order valence-corrected chi connectivity index (χ1v) is 8.52. The van der Waals surface area contributed by atoms with Gasteiger partial charge in [-0.05, 0) is 38.5 Å². The standard InChI is InChI=1S/C19H24N2O4/c1-5-24-15-8-6-7-13-17(15)12(11-20-13)9-16(22)21(4)14-10-19(2,3)25-18(14)23/h6-8,11,14,20H,5,9-10H2,1-4H3. The Morgan fingerprint density at radius 3 is 2.84 bits per heavy atom. The maximum absolute atomic E-state index is 12.7. The third-order valence-electron chi connectivity index (χ3n) is 4.59. The van der Waals surface area contributed by atoms with Crippen molar-refractivity contribution in [2.45, 2.75) is 45.3 Å². The highest BCUT2D eigenvalue weighted by Gasteiger charge is 2.43. The number of nitrogens with one attached hydrogen (secondary N) is 1. The van der Waals surface area contributed by atoms with Crippen molar-refractivity contribution in [3.63, 3.8) is 0 Å². The van der Waals surface area contributed by atoms with E-state index in [9.17, 15) is 9.59 Å². The number of H-pyrrole nitrogens is 1. The maximum atomic E-state index is 12.7. The van der Waals surface area contributed by atoms with Gasteiger partial charge >= 0.3 is 5.97 Å². The van der Waals surface area contributed by atoms with E-state index >= 15 is 0 Å². The normalized spacial score (nSPS) is 19.0. The molecular formula is C19H24N2O4. The van der Waals surface area contributed by atoms with Gasteiger partial charge < -0.3 is 19.4 Å². The summed E-state index contributed by atoms with van der Waals surface area (Å²) < 4.78 is 11.0. The Labute approximate surface area is 147 Å². The first kappa shape index (κ1) is 17.3. The average Bonchev–Trinajstić information content (AvgIpc) is 3.07. The van der Waals surface area contributed by atoms with Gasteiger partial charge in [-0.2, -0.15) is 0 Å². The van der Waals surface area contributed by atoms with E-state index in [1.165, 1.54) is 4.90 Å². The predicted molar refractivity (Wildman–Crippen MR) is 94.5 cm³/mol. The summed E-state index contributed by atoms with van der Waals surface area (Å²) in [7, 11) is 1.66. The van der Waals surface area contributed by atoms with Gasteiger partial charge in [0.25, 0.3) is 0 Å². The van der Waals surface area contributed by atoms with E-state index in [1.54, 1.807) is 7.05 Å². The molecule has 1 unspecified atom stereocenters. The fourth-order valence-electron chi connectivity index (χ4n) is 3.32. The van der Waals surface area contributed by atoms with Crippen LogP contribution >= 0.6 is 0 Å². The molecule has 25 heavy (non-hydrogen) atoms. The molecule has 0 aliphatic carbocycles. The topological polar surface area (TPSA) is 71.6 Å². The summed E-state index contributed by atoms with van der Waals surface area (Å²) in [6.07, 6.45) is 2.53. The van der Waals surface area contributed by atoms with Crippen LogP contribution in [0.1, 0.15) is 32.8 Å². The second-order valence-electron chi connectivity index (χ2n) is 7.01. The van der Waals surface area contributed by atoms with Crippen LogP contribution in [0.4, 0.5) is 0 Å². The number of aromatic amines is 1. The highest BCUT2D eigenvalue weighted by Crippen LogP contribution is 2.31. The number of esters is 1. The molecule has 1 aliphatic rings. The van der Waals surface area contributed by atoms with E-state index in [0.717, 1.165) is 22.2 Å². The summed E-state index contributed by atoms with van der Waals surface area (Å²) in [4.78, 5) is 29.5. The first-order valence-electron chi connectivity index (χ1n) is 8.52. The number of hydrogen-bond acceptors (Lipinski definition) is 4. The van der Waals surface area contributed by atoms with Crippen LogP contribution in [0, 0.1) is 0 Å². The van der Waals surface area contributed by atoms with Gasteiger partial charge in [0, 0.05) is 30.6 Å². The summed E-state index contributed by atoms with van der Waals surface area (Å²) in [5.41, 5.74) is 1.26. The molecule has 1 amide bonds. The van der Waals surface area contributed by atoms with Crippen molar-refractivity contribution in [2.24, 2.45) is 0 Å². The smallest absolute Gasteiger partial charge is 0.329 e. The lowest BCUT2D eigenvalue weighted by molar-refractivity contribution is -0.151. The van der Waals surface area contributed by atoms with E-state index in [4.69, 9.17) is 9.47 Å². The number of nitrogens with zero attached hydrogens (tertiary/aromatic N) is 1. The SMILES string of the molecule is CCOc1cccc2[nH]cc(CC(=O)N(C)C3CC(C)(C)OC3=O)c12. The quantitative estimate of drug-likeness (QED) is 0.847. The zero-order valence-electron chi connectivity index (χ0n) is 15.1. The Kier molecular flexibility index (Phi) is 4.45. The maximum Gasteiger partial charge on any atom is 0.329 e. The molecule has 1 N–H and O–H groups in total. The number of amides is 1. The Balaban J connectivity index is 1.81. The van der Waals surface area contributed by atoms with Gasteiger partial charge in [-0.3, -0.25) is 4.79 Å².